The molecule has 2 N–H and O–H groups in total. The molecule has 80 valence electrons. The summed E-state index contributed by atoms with van der Waals surface area (Å²) in [7, 11) is 0. The third kappa shape index (κ3) is 2.71. The van der Waals surface area contributed by atoms with Gasteiger partial charge < -0.3 is 15.4 Å². The van der Waals surface area contributed by atoms with Crippen LogP contribution in [0.2, 0.25) is 0 Å². The van der Waals surface area contributed by atoms with Crippen LogP contribution in [0.1, 0.15) is 0 Å². The van der Waals surface area contributed by atoms with Crippen molar-refractivity contribution in [1.29, 1.82) is 0 Å². The van der Waals surface area contributed by atoms with Gasteiger partial charge in [0.05, 0.1) is 13.2 Å². The molecule has 1 unspecified atom stereocenters. The average Bonchev–Trinajstić information content (AvgIpc) is 2.31. The summed E-state index contributed by atoms with van der Waals surface area (Å²) in [4.78, 5) is 11.6. The van der Waals surface area contributed by atoms with Gasteiger partial charge in [-0.15, -0.1) is 5.10 Å². The number of anilines is 1. The summed E-state index contributed by atoms with van der Waals surface area (Å²) in [6.45, 7) is 1.74. The molecule has 0 aliphatic carbocycles. The Morgan fingerprint density at radius 3 is 3.27 bits per heavy atom. The highest BCUT2D eigenvalue weighted by molar-refractivity contribution is 5.94. The van der Waals surface area contributed by atoms with Crippen molar-refractivity contribution in [3.63, 3.8) is 0 Å². The topological polar surface area (TPSA) is 76.1 Å². The third-order valence-corrected chi connectivity index (χ3v) is 2.06. The molecule has 1 aliphatic heterocycles. The molecule has 1 aromatic heterocycles. The number of aromatic nitrogens is 2. The Hall–Kier alpha value is -1.53. The molecule has 1 saturated heterocycles. The Kier molecular flexibility index (Phi) is 3.21. The number of nitrogens with zero attached hydrogens (tertiary/aromatic N) is 2. The van der Waals surface area contributed by atoms with Crippen LogP contribution in [0.4, 0.5) is 5.82 Å². The Balaban J connectivity index is 1.91. The van der Waals surface area contributed by atoms with Crippen LogP contribution < -0.4 is 10.6 Å². The summed E-state index contributed by atoms with van der Waals surface area (Å²) in [5.74, 6) is 0.310. The van der Waals surface area contributed by atoms with Crippen LogP contribution >= 0.6 is 0 Å². The van der Waals surface area contributed by atoms with E-state index in [4.69, 9.17) is 4.74 Å². The lowest BCUT2D eigenvalue weighted by atomic mass is 10.2. The van der Waals surface area contributed by atoms with Gasteiger partial charge in [0.15, 0.2) is 5.82 Å². The Morgan fingerprint density at radius 2 is 2.60 bits per heavy atom. The van der Waals surface area contributed by atoms with E-state index >= 15 is 0 Å². The molecule has 0 spiro atoms. The van der Waals surface area contributed by atoms with Crippen LogP contribution in [0, 0.1) is 0 Å². The smallest absolute Gasteiger partial charge is 0.245 e. The summed E-state index contributed by atoms with van der Waals surface area (Å²) in [5.41, 5.74) is 0. The van der Waals surface area contributed by atoms with Gasteiger partial charge in [-0.25, -0.2) is 0 Å². The van der Waals surface area contributed by atoms with Crippen LogP contribution in [0.5, 0.6) is 0 Å². The van der Waals surface area contributed by atoms with Crippen molar-refractivity contribution in [3.05, 3.63) is 18.3 Å². The standard InChI is InChI=1S/C9H12N4O2/c14-9(7-6-15-5-4-10-7)12-8-2-1-3-11-13-8/h1-3,7,10H,4-6H2,(H,12,13,14). The van der Waals surface area contributed by atoms with Crippen LogP contribution in [-0.4, -0.2) is 41.9 Å². The predicted octanol–water partition coefficient (Wildman–Crippen LogP) is -0.597. The summed E-state index contributed by atoms with van der Waals surface area (Å²) in [6.07, 6.45) is 1.55. The lowest BCUT2D eigenvalue weighted by Crippen LogP contribution is -2.48. The van der Waals surface area contributed by atoms with Crippen molar-refractivity contribution >= 4 is 11.7 Å². The summed E-state index contributed by atoms with van der Waals surface area (Å²) < 4.78 is 5.18. The van der Waals surface area contributed by atoms with Crippen molar-refractivity contribution in [2.75, 3.05) is 25.1 Å². The zero-order valence-electron chi connectivity index (χ0n) is 8.14. The van der Waals surface area contributed by atoms with Crippen molar-refractivity contribution in [1.82, 2.24) is 15.5 Å². The summed E-state index contributed by atoms with van der Waals surface area (Å²) in [6, 6.07) is 3.10. The second-order valence-electron chi connectivity index (χ2n) is 3.18. The number of morpholine rings is 1. The maximum absolute atomic E-state index is 11.6. The molecule has 1 amide bonds. The van der Waals surface area contributed by atoms with Gasteiger partial charge in [-0.1, -0.05) is 0 Å². The van der Waals surface area contributed by atoms with Gasteiger partial charge in [0, 0.05) is 12.7 Å². The van der Waals surface area contributed by atoms with Crippen molar-refractivity contribution in [3.8, 4) is 0 Å². The summed E-state index contributed by atoms with van der Waals surface area (Å²) >= 11 is 0. The lowest BCUT2D eigenvalue weighted by Gasteiger charge is -2.22. The maximum Gasteiger partial charge on any atom is 0.245 e. The van der Waals surface area contributed by atoms with Gasteiger partial charge in [-0.2, -0.15) is 5.10 Å². The first-order valence-corrected chi connectivity index (χ1v) is 4.76. The SMILES string of the molecule is O=C(Nc1cccnn1)C1COCCN1. The monoisotopic (exact) mass is 208 g/mol. The Morgan fingerprint density at radius 1 is 1.67 bits per heavy atom. The zero-order chi connectivity index (χ0) is 10.5. The predicted molar refractivity (Wildman–Crippen MR) is 53.3 cm³/mol. The molecule has 1 aromatic rings. The number of hydrogen-bond donors (Lipinski definition) is 2. The number of ether oxygens (including phenoxy) is 1. The largest absolute Gasteiger partial charge is 0.378 e. The molecular weight excluding hydrogens is 196 g/mol. The fourth-order valence-electron chi connectivity index (χ4n) is 1.32. The van der Waals surface area contributed by atoms with E-state index in [1.807, 2.05) is 0 Å². The number of nitrogens with one attached hydrogen (secondary N) is 2. The van der Waals surface area contributed by atoms with Crippen molar-refractivity contribution < 1.29 is 9.53 Å². The molecule has 0 radical (unpaired) electrons. The molecule has 0 bridgehead atoms. The van der Waals surface area contributed by atoms with E-state index in [1.54, 1.807) is 18.3 Å². The normalized spacial score (nSPS) is 20.9. The Labute approximate surface area is 87.0 Å². The lowest BCUT2D eigenvalue weighted by molar-refractivity contribution is -0.120. The number of rotatable bonds is 2. The first-order chi connectivity index (χ1) is 7.36. The molecule has 0 saturated carbocycles. The molecule has 2 heterocycles. The molecule has 2 rings (SSSR count). The number of carbonyl (C=O) groups is 1. The highest BCUT2D eigenvalue weighted by Crippen LogP contribution is 2.01. The van der Waals surface area contributed by atoms with Gasteiger partial charge >= 0.3 is 0 Å². The van der Waals surface area contributed by atoms with E-state index in [0.717, 1.165) is 0 Å². The molecule has 6 heteroatoms. The zero-order valence-corrected chi connectivity index (χ0v) is 8.14. The molecule has 1 aliphatic rings. The first-order valence-electron chi connectivity index (χ1n) is 4.76. The average molecular weight is 208 g/mol. The van der Waals surface area contributed by atoms with E-state index in [2.05, 4.69) is 20.8 Å². The summed E-state index contributed by atoms with van der Waals surface area (Å²) in [5, 5.41) is 13.1. The number of amides is 1. The highest BCUT2D eigenvalue weighted by atomic mass is 16.5. The maximum atomic E-state index is 11.6. The molecular formula is C9H12N4O2. The van der Waals surface area contributed by atoms with Crippen LogP contribution in [0.15, 0.2) is 18.3 Å². The van der Waals surface area contributed by atoms with E-state index < -0.39 is 0 Å². The van der Waals surface area contributed by atoms with Crippen molar-refractivity contribution in [2.24, 2.45) is 0 Å². The second kappa shape index (κ2) is 4.81. The minimum absolute atomic E-state index is 0.143. The fraction of sp³-hybridized carbons (Fsp3) is 0.444. The van der Waals surface area contributed by atoms with Gasteiger partial charge in [0.1, 0.15) is 6.04 Å². The van der Waals surface area contributed by atoms with Gasteiger partial charge in [0.25, 0.3) is 0 Å². The molecule has 0 aromatic carbocycles. The highest BCUT2D eigenvalue weighted by Gasteiger charge is 2.21. The number of hydrogen-bond acceptors (Lipinski definition) is 5. The minimum atomic E-state index is -0.305. The second-order valence-corrected chi connectivity index (χ2v) is 3.18. The van der Waals surface area contributed by atoms with E-state index in [-0.39, 0.29) is 11.9 Å². The quantitative estimate of drug-likeness (QED) is 0.679. The first kappa shape index (κ1) is 10.0. The Bertz CT molecular complexity index is 324. The van der Waals surface area contributed by atoms with Gasteiger partial charge in [-0.3, -0.25) is 4.79 Å². The minimum Gasteiger partial charge on any atom is -0.378 e. The molecule has 1 atom stereocenters. The van der Waals surface area contributed by atoms with Crippen LogP contribution in [0.3, 0.4) is 0 Å². The number of carbonyl (C=O) groups excluding carboxylic acids is 1. The van der Waals surface area contributed by atoms with E-state index in [9.17, 15) is 4.79 Å². The molecule has 6 nitrogen and oxygen atoms in total. The third-order valence-electron chi connectivity index (χ3n) is 2.06. The van der Waals surface area contributed by atoms with Gasteiger partial charge in [0.2, 0.25) is 5.91 Å². The molecule has 15 heavy (non-hydrogen) atoms. The van der Waals surface area contributed by atoms with E-state index in [0.29, 0.717) is 25.6 Å². The van der Waals surface area contributed by atoms with Gasteiger partial charge in [-0.05, 0) is 12.1 Å². The molecule has 1 fully saturated rings. The van der Waals surface area contributed by atoms with Crippen LogP contribution in [0.25, 0.3) is 0 Å². The van der Waals surface area contributed by atoms with Crippen molar-refractivity contribution in [2.45, 2.75) is 6.04 Å². The fourth-order valence-corrected chi connectivity index (χ4v) is 1.32. The van der Waals surface area contributed by atoms with E-state index in [1.165, 1.54) is 0 Å². The van der Waals surface area contributed by atoms with Crippen LogP contribution in [-0.2, 0) is 9.53 Å².